The molecule has 2 aromatic carbocycles. The summed E-state index contributed by atoms with van der Waals surface area (Å²) >= 11 is 0. The van der Waals surface area contributed by atoms with Gasteiger partial charge in [-0.15, -0.1) is 0 Å². The van der Waals surface area contributed by atoms with Gasteiger partial charge in [-0.3, -0.25) is 4.79 Å². The first kappa shape index (κ1) is 16.5. The van der Waals surface area contributed by atoms with Crippen molar-refractivity contribution in [3.63, 3.8) is 0 Å². The van der Waals surface area contributed by atoms with Crippen molar-refractivity contribution in [2.45, 2.75) is 46.0 Å². The molecule has 1 aliphatic heterocycles. The number of carbonyl (C=O) groups is 1. The van der Waals surface area contributed by atoms with Gasteiger partial charge in [-0.2, -0.15) is 0 Å². The lowest BCUT2D eigenvalue weighted by molar-refractivity contribution is 0.0951. The van der Waals surface area contributed by atoms with E-state index in [1.807, 2.05) is 19.1 Å². The van der Waals surface area contributed by atoms with E-state index in [4.69, 9.17) is 4.74 Å². The fourth-order valence-electron chi connectivity index (χ4n) is 2.74. The maximum Gasteiger partial charge on any atom is 0.251 e. The summed E-state index contributed by atoms with van der Waals surface area (Å²) in [6.45, 7) is 6.51. The van der Waals surface area contributed by atoms with Crippen LogP contribution in [-0.2, 0) is 19.6 Å². The van der Waals surface area contributed by atoms with Gasteiger partial charge < -0.3 is 15.4 Å². The highest BCUT2D eigenvalue weighted by Gasteiger charge is 2.11. The molecule has 0 saturated heterocycles. The fraction of sp³-hybridized carbons (Fsp3) is 0.350. The molecule has 0 aromatic heterocycles. The molecule has 1 unspecified atom stereocenters. The first-order valence-electron chi connectivity index (χ1n) is 8.52. The molecule has 3 rings (SSSR count). The Kier molecular flexibility index (Phi) is 5.16. The quantitative estimate of drug-likeness (QED) is 0.856. The van der Waals surface area contributed by atoms with E-state index in [0.29, 0.717) is 12.1 Å². The topological polar surface area (TPSA) is 50.4 Å². The predicted molar refractivity (Wildman–Crippen MR) is 95.0 cm³/mol. The predicted octanol–water partition coefficient (Wildman–Crippen LogP) is 3.40. The van der Waals surface area contributed by atoms with Crippen LogP contribution in [0.1, 0.15) is 47.3 Å². The molecule has 0 saturated carbocycles. The lowest BCUT2D eigenvalue weighted by Crippen LogP contribution is -2.22. The third-order valence-electron chi connectivity index (χ3n) is 4.38. The molecule has 4 heteroatoms. The highest BCUT2D eigenvalue weighted by Crippen LogP contribution is 2.17. The van der Waals surface area contributed by atoms with E-state index in [1.165, 1.54) is 11.1 Å². The Hall–Kier alpha value is -2.33. The van der Waals surface area contributed by atoms with Crippen LogP contribution in [0.3, 0.4) is 0 Å². The SMILES string of the molecule is CCC(C)Oc1ccc(C(=O)NCc2ccc3c(c2)CNC3)cc1. The zero-order valence-corrected chi connectivity index (χ0v) is 14.3. The van der Waals surface area contributed by atoms with Crippen molar-refractivity contribution in [2.24, 2.45) is 0 Å². The second kappa shape index (κ2) is 7.49. The minimum atomic E-state index is -0.0660. The van der Waals surface area contributed by atoms with E-state index in [9.17, 15) is 4.79 Å². The number of hydrogen-bond acceptors (Lipinski definition) is 3. The fourth-order valence-corrected chi connectivity index (χ4v) is 2.74. The molecule has 0 fully saturated rings. The Balaban J connectivity index is 1.57. The van der Waals surface area contributed by atoms with Gasteiger partial charge in [0.1, 0.15) is 5.75 Å². The molecule has 0 spiro atoms. The van der Waals surface area contributed by atoms with Gasteiger partial charge in [0.05, 0.1) is 6.10 Å². The Bertz CT molecular complexity index is 710. The normalized spacial score (nSPS) is 14.1. The van der Waals surface area contributed by atoms with Gasteiger partial charge in [0, 0.05) is 25.2 Å². The molecular formula is C20H24N2O2. The van der Waals surface area contributed by atoms with Crippen LogP contribution in [-0.4, -0.2) is 12.0 Å². The zero-order chi connectivity index (χ0) is 16.9. The molecule has 0 aliphatic carbocycles. The minimum absolute atomic E-state index is 0.0660. The number of benzene rings is 2. The zero-order valence-electron chi connectivity index (χ0n) is 14.3. The van der Waals surface area contributed by atoms with E-state index in [1.54, 1.807) is 12.1 Å². The van der Waals surface area contributed by atoms with Crippen molar-refractivity contribution in [1.82, 2.24) is 10.6 Å². The Morgan fingerprint density at radius 1 is 1.17 bits per heavy atom. The Labute approximate surface area is 143 Å². The third-order valence-corrected chi connectivity index (χ3v) is 4.38. The molecule has 24 heavy (non-hydrogen) atoms. The summed E-state index contributed by atoms with van der Waals surface area (Å²) in [6, 6.07) is 13.7. The van der Waals surface area contributed by atoms with E-state index >= 15 is 0 Å². The number of ether oxygens (including phenoxy) is 1. The minimum Gasteiger partial charge on any atom is -0.491 e. The second-order valence-corrected chi connectivity index (χ2v) is 6.25. The standard InChI is InChI=1S/C20H24N2O2/c1-3-14(2)24-19-8-6-16(7-9-19)20(23)22-11-15-4-5-17-12-21-13-18(17)10-15/h4-10,14,21H,3,11-13H2,1-2H3,(H,22,23). The summed E-state index contributed by atoms with van der Waals surface area (Å²) in [6.07, 6.45) is 1.14. The molecule has 0 bridgehead atoms. The first-order chi connectivity index (χ1) is 11.7. The highest BCUT2D eigenvalue weighted by atomic mass is 16.5. The number of fused-ring (bicyclic) bond motifs is 1. The van der Waals surface area contributed by atoms with Gasteiger partial charge in [-0.1, -0.05) is 25.1 Å². The molecule has 1 aliphatic rings. The van der Waals surface area contributed by atoms with Crippen LogP contribution in [0.5, 0.6) is 5.75 Å². The molecule has 1 atom stereocenters. The van der Waals surface area contributed by atoms with Crippen LogP contribution < -0.4 is 15.4 Å². The molecule has 2 aromatic rings. The molecule has 0 radical (unpaired) electrons. The van der Waals surface area contributed by atoms with Crippen LogP contribution in [0.4, 0.5) is 0 Å². The van der Waals surface area contributed by atoms with Crippen molar-refractivity contribution in [2.75, 3.05) is 0 Å². The number of nitrogens with one attached hydrogen (secondary N) is 2. The molecule has 4 nitrogen and oxygen atoms in total. The van der Waals surface area contributed by atoms with Gasteiger partial charge in [-0.25, -0.2) is 0 Å². The Morgan fingerprint density at radius 3 is 2.67 bits per heavy atom. The molecular weight excluding hydrogens is 300 g/mol. The number of amides is 1. The summed E-state index contributed by atoms with van der Waals surface area (Å²) in [7, 11) is 0. The third kappa shape index (κ3) is 3.95. The van der Waals surface area contributed by atoms with Crippen LogP contribution in [0.15, 0.2) is 42.5 Å². The largest absolute Gasteiger partial charge is 0.491 e. The molecule has 1 amide bonds. The van der Waals surface area contributed by atoms with E-state index in [0.717, 1.165) is 30.8 Å². The Morgan fingerprint density at radius 2 is 1.92 bits per heavy atom. The van der Waals surface area contributed by atoms with Crippen LogP contribution >= 0.6 is 0 Å². The van der Waals surface area contributed by atoms with Crippen molar-refractivity contribution < 1.29 is 9.53 Å². The summed E-state index contributed by atoms with van der Waals surface area (Å²) < 4.78 is 5.73. The monoisotopic (exact) mass is 324 g/mol. The number of rotatable bonds is 6. The van der Waals surface area contributed by atoms with Crippen LogP contribution in [0.25, 0.3) is 0 Å². The van der Waals surface area contributed by atoms with E-state index < -0.39 is 0 Å². The van der Waals surface area contributed by atoms with E-state index in [2.05, 4.69) is 35.8 Å². The molecule has 1 heterocycles. The van der Waals surface area contributed by atoms with Gasteiger partial charge >= 0.3 is 0 Å². The number of hydrogen-bond donors (Lipinski definition) is 2. The lowest BCUT2D eigenvalue weighted by atomic mass is 10.1. The van der Waals surface area contributed by atoms with Crippen molar-refractivity contribution >= 4 is 5.91 Å². The average molecular weight is 324 g/mol. The summed E-state index contributed by atoms with van der Waals surface area (Å²) in [5.41, 5.74) is 4.45. The maximum absolute atomic E-state index is 12.3. The van der Waals surface area contributed by atoms with Crippen LogP contribution in [0, 0.1) is 0 Å². The van der Waals surface area contributed by atoms with Crippen LogP contribution in [0.2, 0.25) is 0 Å². The second-order valence-electron chi connectivity index (χ2n) is 6.25. The van der Waals surface area contributed by atoms with Gasteiger partial charge in [0.25, 0.3) is 5.91 Å². The number of carbonyl (C=O) groups excluding carboxylic acids is 1. The lowest BCUT2D eigenvalue weighted by Gasteiger charge is -2.13. The van der Waals surface area contributed by atoms with Crippen molar-refractivity contribution in [3.8, 4) is 5.75 Å². The van der Waals surface area contributed by atoms with Gasteiger partial charge in [0.2, 0.25) is 0 Å². The highest BCUT2D eigenvalue weighted by molar-refractivity contribution is 5.94. The van der Waals surface area contributed by atoms with Gasteiger partial charge in [0.15, 0.2) is 0 Å². The average Bonchev–Trinajstić information content (AvgIpc) is 3.08. The smallest absolute Gasteiger partial charge is 0.251 e. The van der Waals surface area contributed by atoms with Gasteiger partial charge in [-0.05, 0) is 54.3 Å². The summed E-state index contributed by atoms with van der Waals surface area (Å²) in [4.78, 5) is 12.3. The van der Waals surface area contributed by atoms with Crippen molar-refractivity contribution in [1.29, 1.82) is 0 Å². The maximum atomic E-state index is 12.3. The molecule has 126 valence electrons. The van der Waals surface area contributed by atoms with Crippen molar-refractivity contribution in [3.05, 3.63) is 64.7 Å². The summed E-state index contributed by atoms with van der Waals surface area (Å²) in [5, 5.41) is 6.31. The summed E-state index contributed by atoms with van der Waals surface area (Å²) in [5.74, 6) is 0.732. The molecule has 2 N–H and O–H groups in total. The first-order valence-corrected chi connectivity index (χ1v) is 8.52. The van der Waals surface area contributed by atoms with E-state index in [-0.39, 0.29) is 12.0 Å².